The van der Waals surface area contributed by atoms with E-state index < -0.39 is 18.1 Å². The molecule has 134 valence electrons. The van der Waals surface area contributed by atoms with Crippen molar-refractivity contribution in [2.45, 2.75) is 66.5 Å². The Labute approximate surface area is 135 Å². The Kier molecular flexibility index (Phi) is 8.56. The van der Waals surface area contributed by atoms with Gasteiger partial charge in [-0.1, -0.05) is 13.8 Å². The van der Waals surface area contributed by atoms with Crippen molar-refractivity contribution in [3.8, 4) is 5.88 Å². The van der Waals surface area contributed by atoms with Crippen molar-refractivity contribution < 1.29 is 23.0 Å². The van der Waals surface area contributed by atoms with Crippen molar-refractivity contribution >= 4 is 6.09 Å². The first-order valence-electron chi connectivity index (χ1n) is 7.58. The van der Waals surface area contributed by atoms with Crippen LogP contribution in [0.2, 0.25) is 0 Å². The van der Waals surface area contributed by atoms with Gasteiger partial charge in [0.05, 0.1) is 6.61 Å². The van der Waals surface area contributed by atoms with Gasteiger partial charge in [0, 0.05) is 18.5 Å². The molecular weight excluding hydrogens is 308 g/mol. The monoisotopic (exact) mass is 335 g/mol. The number of alkyl halides is 2. The quantitative estimate of drug-likeness (QED) is 0.846. The van der Waals surface area contributed by atoms with E-state index in [1.54, 1.807) is 27.7 Å². The molecule has 0 atom stereocenters. The van der Waals surface area contributed by atoms with Crippen LogP contribution >= 0.6 is 0 Å². The van der Waals surface area contributed by atoms with Crippen LogP contribution in [0, 0.1) is 6.92 Å². The number of rotatable bonds is 1. The van der Waals surface area contributed by atoms with Crippen LogP contribution in [0.15, 0.2) is 0 Å². The number of fused-ring (bicyclic) bond motifs is 1. The number of aryl methyl sites for hydroxylation is 1. The molecule has 0 spiro atoms. The SMILES string of the molecule is CC.CC(C)(C)OC(N)=O.Cc1c(C(F)F)nn2c1OCCC2. The van der Waals surface area contributed by atoms with Gasteiger partial charge in [0.1, 0.15) is 11.3 Å². The maximum atomic E-state index is 12.4. The number of carbonyl (C=O) groups is 1. The fourth-order valence-corrected chi connectivity index (χ4v) is 1.78. The zero-order chi connectivity index (χ0) is 18.2. The van der Waals surface area contributed by atoms with E-state index in [1.165, 1.54) is 4.68 Å². The number of halogens is 2. The molecule has 0 aliphatic carbocycles. The van der Waals surface area contributed by atoms with Gasteiger partial charge >= 0.3 is 6.09 Å². The molecular formula is C15H27F2N3O3. The molecule has 1 amide bonds. The first-order valence-corrected chi connectivity index (χ1v) is 7.58. The maximum Gasteiger partial charge on any atom is 0.405 e. The van der Waals surface area contributed by atoms with Crippen LogP contribution in [-0.4, -0.2) is 28.1 Å². The highest BCUT2D eigenvalue weighted by Crippen LogP contribution is 2.30. The maximum absolute atomic E-state index is 12.4. The van der Waals surface area contributed by atoms with Gasteiger partial charge in [-0.05, 0) is 27.7 Å². The van der Waals surface area contributed by atoms with E-state index in [-0.39, 0.29) is 5.69 Å². The molecule has 0 saturated heterocycles. The molecule has 1 aromatic rings. The number of amides is 1. The van der Waals surface area contributed by atoms with Gasteiger partial charge in [0.15, 0.2) is 0 Å². The number of primary amides is 1. The van der Waals surface area contributed by atoms with Crippen LogP contribution in [0.1, 0.15) is 58.7 Å². The third-order valence-corrected chi connectivity index (χ3v) is 2.53. The number of carbonyl (C=O) groups excluding carboxylic acids is 1. The third-order valence-electron chi connectivity index (χ3n) is 2.53. The number of hydrogen-bond acceptors (Lipinski definition) is 4. The minimum atomic E-state index is -2.51. The lowest BCUT2D eigenvalue weighted by Gasteiger charge is -2.16. The van der Waals surface area contributed by atoms with Crippen molar-refractivity contribution in [3.05, 3.63) is 11.3 Å². The fourth-order valence-electron chi connectivity index (χ4n) is 1.78. The predicted molar refractivity (Wildman–Crippen MR) is 83.8 cm³/mol. The lowest BCUT2D eigenvalue weighted by atomic mass is 10.2. The van der Waals surface area contributed by atoms with Crippen LogP contribution < -0.4 is 10.5 Å². The second-order valence-corrected chi connectivity index (χ2v) is 5.57. The van der Waals surface area contributed by atoms with Crippen LogP contribution in [-0.2, 0) is 11.3 Å². The number of ether oxygens (including phenoxy) is 2. The summed E-state index contributed by atoms with van der Waals surface area (Å²) in [4.78, 5) is 10.0. The van der Waals surface area contributed by atoms with Gasteiger partial charge in [-0.3, -0.25) is 0 Å². The minimum Gasteiger partial charge on any atom is -0.478 e. The van der Waals surface area contributed by atoms with Gasteiger partial charge < -0.3 is 15.2 Å². The van der Waals surface area contributed by atoms with Crippen LogP contribution in [0.5, 0.6) is 5.88 Å². The van der Waals surface area contributed by atoms with Crippen LogP contribution in [0.25, 0.3) is 0 Å². The van der Waals surface area contributed by atoms with E-state index in [9.17, 15) is 13.6 Å². The minimum absolute atomic E-state index is 0.156. The topological polar surface area (TPSA) is 79.4 Å². The van der Waals surface area contributed by atoms with E-state index in [2.05, 4.69) is 9.84 Å². The smallest absolute Gasteiger partial charge is 0.405 e. The number of hydrogen-bond donors (Lipinski definition) is 1. The molecule has 23 heavy (non-hydrogen) atoms. The van der Waals surface area contributed by atoms with Gasteiger partial charge in [0.2, 0.25) is 5.88 Å². The fraction of sp³-hybridized carbons (Fsp3) is 0.733. The summed E-state index contributed by atoms with van der Waals surface area (Å²) < 4.78 is 36.1. The van der Waals surface area contributed by atoms with E-state index in [0.29, 0.717) is 24.6 Å². The summed E-state index contributed by atoms with van der Waals surface area (Å²) in [5.74, 6) is 0.501. The zero-order valence-corrected chi connectivity index (χ0v) is 14.7. The average molecular weight is 335 g/mol. The predicted octanol–water partition coefficient (Wildman–Crippen LogP) is 3.82. The second-order valence-electron chi connectivity index (χ2n) is 5.57. The van der Waals surface area contributed by atoms with Gasteiger partial charge in [-0.2, -0.15) is 5.10 Å². The Morgan fingerprint density at radius 1 is 1.39 bits per heavy atom. The molecule has 1 aliphatic rings. The Bertz CT molecular complexity index is 497. The first-order chi connectivity index (χ1) is 10.6. The summed E-state index contributed by atoms with van der Waals surface area (Å²) in [5, 5.41) is 3.79. The highest BCUT2D eigenvalue weighted by atomic mass is 19.3. The third kappa shape index (κ3) is 7.30. The van der Waals surface area contributed by atoms with Crippen LogP contribution in [0.3, 0.4) is 0 Å². The standard InChI is InChI=1S/C8H10F2N2O.C5H11NO2.C2H6/c1-5-6(7(9)10)11-12-3-2-4-13-8(5)12;1-5(2,3)8-4(6)7;1-2/h7H,2-4H2,1H3;1-3H3,(H2,6,7);1-2H3. The Balaban J connectivity index is 0.000000421. The molecule has 1 aromatic heterocycles. The molecule has 0 aromatic carbocycles. The second kappa shape index (κ2) is 9.32. The van der Waals surface area contributed by atoms with Gasteiger partial charge in [-0.15, -0.1) is 0 Å². The van der Waals surface area contributed by atoms with E-state index >= 15 is 0 Å². The summed E-state index contributed by atoms with van der Waals surface area (Å²) >= 11 is 0. The molecule has 0 unspecified atom stereocenters. The van der Waals surface area contributed by atoms with Gasteiger partial charge in [-0.25, -0.2) is 18.3 Å². The summed E-state index contributed by atoms with van der Waals surface area (Å²) in [6.45, 7) is 12.2. The number of aromatic nitrogens is 2. The Morgan fingerprint density at radius 2 is 1.96 bits per heavy atom. The van der Waals surface area contributed by atoms with E-state index in [0.717, 1.165) is 6.42 Å². The summed E-state index contributed by atoms with van der Waals surface area (Å²) in [6, 6.07) is 0. The molecule has 0 fully saturated rings. The van der Waals surface area contributed by atoms with Crippen LogP contribution in [0.4, 0.5) is 13.6 Å². The summed E-state index contributed by atoms with van der Waals surface area (Å²) in [7, 11) is 0. The molecule has 2 rings (SSSR count). The average Bonchev–Trinajstić information content (AvgIpc) is 2.77. The molecule has 0 saturated carbocycles. The summed E-state index contributed by atoms with van der Waals surface area (Å²) in [6.07, 6.45) is -2.41. The van der Waals surface area contributed by atoms with Gasteiger partial charge in [0.25, 0.3) is 6.43 Å². The molecule has 2 heterocycles. The van der Waals surface area contributed by atoms with Crippen molar-refractivity contribution in [1.82, 2.24) is 9.78 Å². The molecule has 8 heteroatoms. The largest absolute Gasteiger partial charge is 0.478 e. The summed E-state index contributed by atoms with van der Waals surface area (Å²) in [5.41, 5.74) is 4.58. The van der Waals surface area contributed by atoms with E-state index in [1.807, 2.05) is 13.8 Å². The molecule has 2 N–H and O–H groups in total. The van der Waals surface area contributed by atoms with Crippen molar-refractivity contribution in [2.75, 3.05) is 6.61 Å². The first kappa shape index (κ1) is 21.1. The zero-order valence-electron chi connectivity index (χ0n) is 14.7. The molecule has 0 bridgehead atoms. The van der Waals surface area contributed by atoms with E-state index in [4.69, 9.17) is 10.5 Å². The van der Waals surface area contributed by atoms with Crippen molar-refractivity contribution in [2.24, 2.45) is 5.73 Å². The molecule has 1 aliphatic heterocycles. The highest BCUT2D eigenvalue weighted by molar-refractivity contribution is 5.65. The highest BCUT2D eigenvalue weighted by Gasteiger charge is 2.23. The van der Waals surface area contributed by atoms with Crippen molar-refractivity contribution in [1.29, 1.82) is 0 Å². The van der Waals surface area contributed by atoms with Crippen molar-refractivity contribution in [3.63, 3.8) is 0 Å². The number of nitrogens with two attached hydrogens (primary N) is 1. The Hall–Kier alpha value is -1.86. The number of nitrogens with zero attached hydrogens (tertiary/aromatic N) is 2. The lowest BCUT2D eigenvalue weighted by molar-refractivity contribution is 0.0600. The molecule has 6 nitrogen and oxygen atoms in total. The molecule has 0 radical (unpaired) electrons. The normalized spacial score (nSPS) is 12.9. The Morgan fingerprint density at radius 3 is 2.30 bits per heavy atom. The lowest BCUT2D eigenvalue weighted by Crippen LogP contribution is -2.27.